The van der Waals surface area contributed by atoms with E-state index in [1.165, 1.54) is 0 Å². The summed E-state index contributed by atoms with van der Waals surface area (Å²) in [5.41, 5.74) is 0.693. The van der Waals surface area contributed by atoms with Gasteiger partial charge in [0.25, 0.3) is 0 Å². The molecule has 0 unspecified atom stereocenters. The third-order valence-corrected chi connectivity index (χ3v) is 2.17. The van der Waals surface area contributed by atoms with Crippen LogP contribution in [0.2, 0.25) is 0 Å². The molecule has 1 aromatic rings. The summed E-state index contributed by atoms with van der Waals surface area (Å²) in [4.78, 5) is 0. The molecular formula is C7H7IO2. The van der Waals surface area contributed by atoms with Crippen LogP contribution in [0.1, 0.15) is 5.56 Å². The van der Waals surface area contributed by atoms with Gasteiger partial charge in [-0.1, -0.05) is 6.07 Å². The molecule has 2 N–H and O–H groups in total. The van der Waals surface area contributed by atoms with Gasteiger partial charge in [0, 0.05) is 0 Å². The third kappa shape index (κ3) is 1.18. The molecule has 1 aromatic carbocycles. The van der Waals surface area contributed by atoms with Crippen LogP contribution in [-0.4, -0.2) is 10.2 Å². The van der Waals surface area contributed by atoms with Crippen LogP contribution < -0.4 is 0 Å². The van der Waals surface area contributed by atoms with Crippen molar-refractivity contribution >= 4 is 22.6 Å². The van der Waals surface area contributed by atoms with Crippen LogP contribution in [0, 0.1) is 10.5 Å². The Morgan fingerprint density at radius 1 is 1.20 bits per heavy atom. The van der Waals surface area contributed by atoms with Crippen molar-refractivity contribution in [3.8, 4) is 11.5 Å². The molecule has 0 atom stereocenters. The predicted octanol–water partition coefficient (Wildman–Crippen LogP) is 2.01. The van der Waals surface area contributed by atoms with E-state index in [-0.39, 0.29) is 11.5 Å². The van der Waals surface area contributed by atoms with Gasteiger partial charge in [-0.3, -0.25) is 0 Å². The molecule has 0 aliphatic carbocycles. The van der Waals surface area contributed by atoms with Crippen molar-refractivity contribution in [3.63, 3.8) is 0 Å². The van der Waals surface area contributed by atoms with Crippen LogP contribution in [0.15, 0.2) is 12.1 Å². The maximum atomic E-state index is 9.13. The van der Waals surface area contributed by atoms with Gasteiger partial charge in [-0.15, -0.1) is 0 Å². The van der Waals surface area contributed by atoms with Gasteiger partial charge in [-0.25, -0.2) is 0 Å². The second-order valence-electron chi connectivity index (χ2n) is 2.06. The number of aromatic hydroxyl groups is 2. The van der Waals surface area contributed by atoms with Crippen molar-refractivity contribution < 1.29 is 10.2 Å². The summed E-state index contributed by atoms with van der Waals surface area (Å²) in [6, 6.07) is 3.52. The Hall–Kier alpha value is -0.450. The van der Waals surface area contributed by atoms with Crippen LogP contribution in [0.5, 0.6) is 11.5 Å². The van der Waals surface area contributed by atoms with Gasteiger partial charge < -0.3 is 10.2 Å². The van der Waals surface area contributed by atoms with Gasteiger partial charge in [0.05, 0.1) is 3.57 Å². The lowest BCUT2D eigenvalue weighted by Gasteiger charge is -2.01. The van der Waals surface area contributed by atoms with Crippen LogP contribution in [0.3, 0.4) is 0 Å². The standard InChI is InChI=1S/C7H7IO2/c1-4-2-3-5(8)7(10)6(4)9/h2-3,9-10H,1H3. The number of aryl methyl sites for hydroxylation is 1. The largest absolute Gasteiger partial charge is 0.504 e. The Bertz CT molecular complexity index is 231. The van der Waals surface area contributed by atoms with E-state index in [0.29, 0.717) is 9.13 Å². The second kappa shape index (κ2) is 2.65. The normalized spacial score (nSPS) is 9.80. The van der Waals surface area contributed by atoms with Crippen LogP contribution in [0.25, 0.3) is 0 Å². The van der Waals surface area contributed by atoms with Crippen LogP contribution >= 0.6 is 22.6 Å². The lowest BCUT2D eigenvalue weighted by atomic mass is 10.2. The number of hydrogen-bond acceptors (Lipinski definition) is 2. The average Bonchev–Trinajstić information content (AvgIpc) is 1.93. The van der Waals surface area contributed by atoms with Gasteiger partial charge in [-0.05, 0) is 41.1 Å². The molecule has 54 valence electrons. The Morgan fingerprint density at radius 2 is 1.80 bits per heavy atom. The Balaban J connectivity index is 3.34. The minimum atomic E-state index is -0.0272. The van der Waals surface area contributed by atoms with Crippen molar-refractivity contribution in [3.05, 3.63) is 21.3 Å². The second-order valence-corrected chi connectivity index (χ2v) is 3.22. The number of benzene rings is 1. The zero-order valence-corrected chi connectivity index (χ0v) is 7.58. The number of phenols is 2. The Labute approximate surface area is 72.6 Å². The highest BCUT2D eigenvalue weighted by Gasteiger charge is 2.04. The number of rotatable bonds is 0. The third-order valence-electron chi connectivity index (χ3n) is 1.30. The summed E-state index contributed by atoms with van der Waals surface area (Å²) >= 11 is 1.96. The zero-order chi connectivity index (χ0) is 7.72. The summed E-state index contributed by atoms with van der Waals surface area (Å²) in [7, 11) is 0. The average molecular weight is 250 g/mol. The van der Waals surface area contributed by atoms with E-state index < -0.39 is 0 Å². The summed E-state index contributed by atoms with van der Waals surface area (Å²) in [6.45, 7) is 1.74. The summed E-state index contributed by atoms with van der Waals surface area (Å²) < 4.78 is 0.667. The topological polar surface area (TPSA) is 40.5 Å². The fourth-order valence-electron chi connectivity index (χ4n) is 0.656. The van der Waals surface area contributed by atoms with E-state index in [1.807, 2.05) is 22.6 Å². The van der Waals surface area contributed by atoms with Crippen molar-refractivity contribution in [2.24, 2.45) is 0 Å². The highest BCUT2D eigenvalue weighted by atomic mass is 127. The van der Waals surface area contributed by atoms with Crippen LogP contribution in [0.4, 0.5) is 0 Å². The molecule has 2 nitrogen and oxygen atoms in total. The monoisotopic (exact) mass is 250 g/mol. The minimum Gasteiger partial charge on any atom is -0.504 e. The molecule has 0 aromatic heterocycles. The minimum absolute atomic E-state index is 0.0214. The molecule has 0 saturated carbocycles. The first-order valence-corrected chi connectivity index (χ1v) is 3.88. The molecule has 0 bridgehead atoms. The van der Waals surface area contributed by atoms with E-state index in [2.05, 4.69) is 0 Å². The molecule has 3 heteroatoms. The lowest BCUT2D eigenvalue weighted by molar-refractivity contribution is 0.398. The fraction of sp³-hybridized carbons (Fsp3) is 0.143. The lowest BCUT2D eigenvalue weighted by Crippen LogP contribution is -1.78. The maximum Gasteiger partial charge on any atom is 0.171 e. The van der Waals surface area contributed by atoms with E-state index in [1.54, 1.807) is 19.1 Å². The molecule has 0 radical (unpaired) electrons. The molecular weight excluding hydrogens is 243 g/mol. The first-order valence-electron chi connectivity index (χ1n) is 2.80. The van der Waals surface area contributed by atoms with Gasteiger partial charge in [-0.2, -0.15) is 0 Å². The first-order chi connectivity index (χ1) is 4.63. The van der Waals surface area contributed by atoms with Gasteiger partial charge in [0.1, 0.15) is 0 Å². The van der Waals surface area contributed by atoms with E-state index in [9.17, 15) is 0 Å². The molecule has 0 saturated heterocycles. The highest BCUT2D eigenvalue weighted by Crippen LogP contribution is 2.32. The molecule has 0 heterocycles. The van der Waals surface area contributed by atoms with Crippen molar-refractivity contribution in [2.75, 3.05) is 0 Å². The van der Waals surface area contributed by atoms with Gasteiger partial charge in [0.15, 0.2) is 11.5 Å². The highest BCUT2D eigenvalue weighted by molar-refractivity contribution is 14.1. The number of halogens is 1. The van der Waals surface area contributed by atoms with Crippen molar-refractivity contribution in [1.82, 2.24) is 0 Å². The zero-order valence-electron chi connectivity index (χ0n) is 5.43. The number of phenolic OH excluding ortho intramolecular Hbond substituents is 2. The maximum absolute atomic E-state index is 9.13. The van der Waals surface area contributed by atoms with Gasteiger partial charge >= 0.3 is 0 Å². The molecule has 1 rings (SSSR count). The molecule has 0 fully saturated rings. The van der Waals surface area contributed by atoms with E-state index >= 15 is 0 Å². The summed E-state index contributed by atoms with van der Waals surface area (Å²) in [5, 5.41) is 18.3. The first kappa shape index (κ1) is 7.65. The Morgan fingerprint density at radius 3 is 2.30 bits per heavy atom. The van der Waals surface area contributed by atoms with E-state index in [0.717, 1.165) is 0 Å². The predicted molar refractivity (Wildman–Crippen MR) is 47.2 cm³/mol. The molecule has 10 heavy (non-hydrogen) atoms. The SMILES string of the molecule is Cc1ccc(I)c(O)c1O. The molecule has 0 spiro atoms. The van der Waals surface area contributed by atoms with Gasteiger partial charge in [0.2, 0.25) is 0 Å². The van der Waals surface area contributed by atoms with Crippen molar-refractivity contribution in [2.45, 2.75) is 6.92 Å². The molecule has 0 aliphatic heterocycles. The van der Waals surface area contributed by atoms with Crippen LogP contribution in [-0.2, 0) is 0 Å². The Kier molecular flexibility index (Phi) is 2.03. The smallest absolute Gasteiger partial charge is 0.171 e. The summed E-state index contributed by atoms with van der Waals surface area (Å²) in [6.07, 6.45) is 0. The van der Waals surface area contributed by atoms with Crippen molar-refractivity contribution in [1.29, 1.82) is 0 Å². The molecule has 0 amide bonds. The summed E-state index contributed by atoms with van der Waals surface area (Å²) in [5.74, 6) is -0.0486. The molecule has 0 aliphatic rings. The fourth-order valence-corrected chi connectivity index (χ4v) is 1.09. The quantitative estimate of drug-likeness (QED) is 0.546. The number of hydrogen-bond donors (Lipinski definition) is 2. The van der Waals surface area contributed by atoms with E-state index in [4.69, 9.17) is 10.2 Å².